The van der Waals surface area contributed by atoms with Gasteiger partial charge in [0.25, 0.3) is 5.91 Å². The summed E-state index contributed by atoms with van der Waals surface area (Å²) in [5, 5.41) is 3.05. The number of nitrogens with one attached hydrogen (secondary N) is 1. The van der Waals surface area contributed by atoms with Gasteiger partial charge < -0.3 is 19.7 Å². The number of benzene rings is 1. The minimum absolute atomic E-state index is 0.0100. The van der Waals surface area contributed by atoms with E-state index in [1.165, 1.54) is 30.6 Å². The molecule has 3 heterocycles. The molecule has 5 nitrogen and oxygen atoms in total. The van der Waals surface area contributed by atoms with Crippen molar-refractivity contribution in [1.29, 1.82) is 0 Å². The van der Waals surface area contributed by atoms with Crippen molar-refractivity contribution in [3.05, 3.63) is 35.2 Å². The van der Waals surface area contributed by atoms with Crippen LogP contribution in [0.3, 0.4) is 0 Å². The lowest BCUT2D eigenvalue weighted by Crippen LogP contribution is -2.37. The Hall–Kier alpha value is -2.05. The molecule has 138 valence electrons. The summed E-state index contributed by atoms with van der Waals surface area (Å²) in [6.07, 6.45) is 3.89. The number of ether oxygens (including phenoxy) is 2. The van der Waals surface area contributed by atoms with Gasteiger partial charge >= 0.3 is 0 Å². The number of fused-ring (bicyclic) bond motifs is 1. The maximum Gasteiger partial charge on any atom is 0.261 e. The van der Waals surface area contributed by atoms with Gasteiger partial charge in [-0.1, -0.05) is 6.42 Å². The van der Waals surface area contributed by atoms with Gasteiger partial charge in [0, 0.05) is 18.0 Å². The second kappa shape index (κ2) is 8.10. The predicted octanol–water partition coefficient (Wildman–Crippen LogP) is 3.40. The summed E-state index contributed by atoms with van der Waals surface area (Å²) < 4.78 is 11.2. The molecule has 1 N–H and O–H groups in total. The van der Waals surface area contributed by atoms with E-state index in [0.717, 1.165) is 46.5 Å². The average molecular weight is 372 g/mol. The number of hydrogen-bond donors (Lipinski definition) is 1. The highest BCUT2D eigenvalue weighted by Crippen LogP contribution is 2.36. The minimum Gasteiger partial charge on any atom is -0.486 e. The maximum absolute atomic E-state index is 12.4. The van der Waals surface area contributed by atoms with Gasteiger partial charge in [0.1, 0.15) is 13.2 Å². The first-order valence-electron chi connectivity index (χ1n) is 9.30. The molecule has 0 atom stereocenters. The molecule has 0 spiro atoms. The smallest absolute Gasteiger partial charge is 0.261 e. The van der Waals surface area contributed by atoms with Crippen molar-refractivity contribution in [2.75, 3.05) is 39.4 Å². The molecule has 0 unspecified atom stereocenters. The molecule has 1 saturated heterocycles. The van der Waals surface area contributed by atoms with Crippen LogP contribution < -0.4 is 14.8 Å². The van der Waals surface area contributed by atoms with Crippen molar-refractivity contribution in [2.24, 2.45) is 0 Å². The Morgan fingerprint density at radius 2 is 1.85 bits per heavy atom. The lowest BCUT2D eigenvalue weighted by atomic mass is 10.1. The highest BCUT2D eigenvalue weighted by atomic mass is 32.1. The van der Waals surface area contributed by atoms with Gasteiger partial charge in [-0.3, -0.25) is 4.79 Å². The highest BCUT2D eigenvalue weighted by Gasteiger charge is 2.15. The second-order valence-corrected chi connectivity index (χ2v) is 7.76. The molecule has 6 heteroatoms. The molecule has 1 aromatic carbocycles. The Morgan fingerprint density at radius 1 is 1.04 bits per heavy atom. The van der Waals surface area contributed by atoms with Gasteiger partial charge in [-0.25, -0.2) is 0 Å². The molecular weight excluding hydrogens is 348 g/mol. The minimum atomic E-state index is 0.0100. The molecule has 0 aliphatic carbocycles. The van der Waals surface area contributed by atoms with Crippen molar-refractivity contribution in [3.8, 4) is 21.9 Å². The third-order valence-electron chi connectivity index (χ3n) is 4.82. The largest absolute Gasteiger partial charge is 0.486 e. The zero-order valence-electron chi connectivity index (χ0n) is 14.8. The molecule has 2 aromatic rings. The first kappa shape index (κ1) is 17.4. The second-order valence-electron chi connectivity index (χ2n) is 6.68. The monoisotopic (exact) mass is 372 g/mol. The van der Waals surface area contributed by atoms with Crippen LogP contribution in [0.5, 0.6) is 11.5 Å². The molecule has 0 bridgehead atoms. The number of hydrogen-bond acceptors (Lipinski definition) is 5. The van der Waals surface area contributed by atoms with Crippen molar-refractivity contribution >= 4 is 17.2 Å². The van der Waals surface area contributed by atoms with Crippen LogP contribution in [0.1, 0.15) is 28.9 Å². The Kier molecular flexibility index (Phi) is 5.41. The lowest BCUT2D eigenvalue weighted by Gasteiger charge is -2.26. The summed E-state index contributed by atoms with van der Waals surface area (Å²) in [6, 6.07) is 9.82. The van der Waals surface area contributed by atoms with Crippen LogP contribution in [0.15, 0.2) is 30.3 Å². The Labute approximate surface area is 157 Å². The van der Waals surface area contributed by atoms with E-state index in [1.807, 2.05) is 30.3 Å². The molecule has 0 saturated carbocycles. The summed E-state index contributed by atoms with van der Waals surface area (Å²) in [7, 11) is 0. The number of rotatable bonds is 5. The van der Waals surface area contributed by atoms with Gasteiger partial charge in [-0.2, -0.15) is 0 Å². The summed E-state index contributed by atoms with van der Waals surface area (Å²) >= 11 is 1.51. The molecular formula is C20H24N2O3S. The summed E-state index contributed by atoms with van der Waals surface area (Å²) in [5.41, 5.74) is 1.05. The van der Waals surface area contributed by atoms with E-state index in [4.69, 9.17) is 9.47 Å². The van der Waals surface area contributed by atoms with Gasteiger partial charge in [0.15, 0.2) is 11.5 Å². The number of carbonyl (C=O) groups is 1. The standard InChI is InChI=1S/C20H24N2O3S/c23-20(21-8-11-22-9-2-1-3-10-22)19-7-6-18(26-19)15-4-5-16-17(14-15)25-13-12-24-16/h4-7,14H,1-3,8-13H2,(H,21,23). The van der Waals surface area contributed by atoms with Gasteiger partial charge in [-0.15, -0.1) is 11.3 Å². The SMILES string of the molecule is O=C(NCCN1CCCCC1)c1ccc(-c2ccc3c(c2)OCCO3)s1. The first-order valence-corrected chi connectivity index (χ1v) is 10.1. The van der Waals surface area contributed by atoms with Gasteiger partial charge in [0.05, 0.1) is 4.88 Å². The zero-order chi connectivity index (χ0) is 17.8. The normalized spacial score (nSPS) is 17.1. The first-order chi connectivity index (χ1) is 12.8. The third-order valence-corrected chi connectivity index (χ3v) is 5.95. The fourth-order valence-corrected chi connectivity index (χ4v) is 4.33. The van der Waals surface area contributed by atoms with Crippen LogP contribution in [-0.4, -0.2) is 50.2 Å². The van der Waals surface area contributed by atoms with Crippen LogP contribution in [0.4, 0.5) is 0 Å². The average Bonchev–Trinajstić information content (AvgIpc) is 3.19. The maximum atomic E-state index is 12.4. The molecule has 1 fully saturated rings. The summed E-state index contributed by atoms with van der Waals surface area (Å²) in [5.74, 6) is 1.57. The fourth-order valence-electron chi connectivity index (χ4n) is 3.41. The quantitative estimate of drug-likeness (QED) is 0.874. The van der Waals surface area contributed by atoms with Crippen LogP contribution in [0.2, 0.25) is 0 Å². The van der Waals surface area contributed by atoms with Crippen molar-refractivity contribution in [1.82, 2.24) is 10.2 Å². The van der Waals surface area contributed by atoms with Crippen molar-refractivity contribution < 1.29 is 14.3 Å². The van der Waals surface area contributed by atoms with E-state index >= 15 is 0 Å². The third kappa shape index (κ3) is 4.02. The predicted molar refractivity (Wildman–Crippen MR) is 103 cm³/mol. The van der Waals surface area contributed by atoms with Crippen LogP contribution in [0.25, 0.3) is 10.4 Å². The van der Waals surface area contributed by atoms with Gasteiger partial charge in [-0.05, 0) is 61.8 Å². The zero-order valence-corrected chi connectivity index (χ0v) is 15.6. The number of piperidine rings is 1. The summed E-state index contributed by atoms with van der Waals surface area (Å²) in [6.45, 7) is 5.12. The topological polar surface area (TPSA) is 50.8 Å². The lowest BCUT2D eigenvalue weighted by molar-refractivity contribution is 0.0950. The number of nitrogens with zero attached hydrogens (tertiary/aromatic N) is 1. The molecule has 0 radical (unpaired) electrons. The number of thiophene rings is 1. The molecule has 2 aliphatic rings. The van der Waals surface area contributed by atoms with Crippen molar-refractivity contribution in [2.45, 2.75) is 19.3 Å². The Balaban J connectivity index is 1.35. The van der Waals surface area contributed by atoms with E-state index in [9.17, 15) is 4.79 Å². The molecule has 26 heavy (non-hydrogen) atoms. The van der Waals surface area contributed by atoms with E-state index in [1.54, 1.807) is 0 Å². The molecule has 1 amide bonds. The highest BCUT2D eigenvalue weighted by molar-refractivity contribution is 7.17. The number of likely N-dealkylation sites (tertiary alicyclic amines) is 1. The van der Waals surface area contributed by atoms with E-state index in [2.05, 4.69) is 10.2 Å². The van der Waals surface area contributed by atoms with Crippen molar-refractivity contribution in [3.63, 3.8) is 0 Å². The van der Waals surface area contributed by atoms with Crippen LogP contribution in [-0.2, 0) is 0 Å². The van der Waals surface area contributed by atoms with E-state index < -0.39 is 0 Å². The fraction of sp³-hybridized carbons (Fsp3) is 0.450. The Morgan fingerprint density at radius 3 is 2.69 bits per heavy atom. The molecule has 4 rings (SSSR count). The van der Waals surface area contributed by atoms with Crippen LogP contribution in [0, 0.1) is 0 Å². The van der Waals surface area contributed by atoms with E-state index in [-0.39, 0.29) is 5.91 Å². The molecule has 1 aromatic heterocycles. The molecule has 2 aliphatic heterocycles. The summed E-state index contributed by atoms with van der Waals surface area (Å²) in [4.78, 5) is 16.6. The Bertz CT molecular complexity index is 768. The van der Waals surface area contributed by atoms with Crippen LogP contribution >= 0.6 is 11.3 Å². The number of amides is 1. The van der Waals surface area contributed by atoms with E-state index in [0.29, 0.717) is 19.8 Å². The van der Waals surface area contributed by atoms with Gasteiger partial charge in [0.2, 0.25) is 0 Å². The number of carbonyl (C=O) groups excluding carboxylic acids is 1.